The Hall–Kier alpha value is -2.90. The number of thiophene rings is 1. The SMILES string of the molecule is C[C@@]1(CCc2ccccc2)NC(=O)N(NC(=O)c2sc3ccccc3c2Cl)C1=O. The monoisotopic (exact) mass is 427 g/mol. The number of hydrogen-bond acceptors (Lipinski definition) is 4. The third-order valence-electron chi connectivity index (χ3n) is 4.97. The van der Waals surface area contributed by atoms with Crippen molar-refractivity contribution in [1.29, 1.82) is 0 Å². The van der Waals surface area contributed by atoms with Crippen LogP contribution >= 0.6 is 22.9 Å². The van der Waals surface area contributed by atoms with Gasteiger partial charge >= 0.3 is 6.03 Å². The number of nitrogens with zero attached hydrogens (tertiary/aromatic N) is 1. The van der Waals surface area contributed by atoms with Crippen molar-refractivity contribution in [2.45, 2.75) is 25.3 Å². The first-order valence-electron chi connectivity index (χ1n) is 9.08. The maximum Gasteiger partial charge on any atom is 0.344 e. The van der Waals surface area contributed by atoms with E-state index in [4.69, 9.17) is 11.6 Å². The minimum Gasteiger partial charge on any atom is -0.322 e. The molecule has 0 unspecified atom stereocenters. The standard InChI is InChI=1S/C21H18ClN3O3S/c1-21(12-11-13-7-3-2-4-8-13)19(27)25(20(28)23-21)24-18(26)17-16(22)14-9-5-6-10-15(14)29-17/h2-10H,11-12H2,1H3,(H,23,28)(H,24,26)/t21-/m0/s1. The first-order valence-corrected chi connectivity index (χ1v) is 10.3. The highest BCUT2D eigenvalue weighted by Crippen LogP contribution is 2.35. The lowest BCUT2D eigenvalue weighted by atomic mass is 9.93. The van der Waals surface area contributed by atoms with Gasteiger partial charge in [0, 0.05) is 10.1 Å². The van der Waals surface area contributed by atoms with Crippen molar-refractivity contribution >= 4 is 50.9 Å². The first kappa shape index (κ1) is 19.4. The van der Waals surface area contributed by atoms with Crippen molar-refractivity contribution in [3.8, 4) is 0 Å². The van der Waals surface area contributed by atoms with E-state index in [0.29, 0.717) is 17.9 Å². The molecule has 0 bridgehead atoms. The molecule has 3 aromatic rings. The van der Waals surface area contributed by atoms with Gasteiger partial charge in [-0.2, -0.15) is 5.01 Å². The van der Waals surface area contributed by atoms with E-state index >= 15 is 0 Å². The van der Waals surface area contributed by atoms with E-state index in [0.717, 1.165) is 20.7 Å². The van der Waals surface area contributed by atoms with Crippen LogP contribution < -0.4 is 10.7 Å². The van der Waals surface area contributed by atoms with Crippen LogP contribution in [0.5, 0.6) is 0 Å². The van der Waals surface area contributed by atoms with Crippen LogP contribution in [0.15, 0.2) is 54.6 Å². The average Bonchev–Trinajstić information content (AvgIpc) is 3.17. The number of imide groups is 1. The van der Waals surface area contributed by atoms with Crippen LogP contribution in [0.4, 0.5) is 4.79 Å². The number of fused-ring (bicyclic) bond motifs is 1. The zero-order valence-corrected chi connectivity index (χ0v) is 17.1. The Morgan fingerprint density at radius 3 is 2.55 bits per heavy atom. The predicted octanol–water partition coefficient (Wildman–Crippen LogP) is 4.14. The highest BCUT2D eigenvalue weighted by atomic mass is 35.5. The Labute approximate surface area is 176 Å². The molecule has 1 saturated heterocycles. The van der Waals surface area contributed by atoms with E-state index in [1.165, 1.54) is 11.3 Å². The van der Waals surface area contributed by atoms with Gasteiger partial charge in [0.2, 0.25) is 0 Å². The van der Waals surface area contributed by atoms with Gasteiger partial charge in [-0.3, -0.25) is 15.0 Å². The van der Waals surface area contributed by atoms with Gasteiger partial charge in [-0.15, -0.1) is 11.3 Å². The molecular weight excluding hydrogens is 410 g/mol. The van der Waals surface area contributed by atoms with Gasteiger partial charge in [-0.25, -0.2) is 4.79 Å². The average molecular weight is 428 g/mol. The van der Waals surface area contributed by atoms with Crippen molar-refractivity contribution in [2.75, 3.05) is 0 Å². The molecule has 1 aromatic heterocycles. The summed E-state index contributed by atoms with van der Waals surface area (Å²) < 4.78 is 0.854. The Bertz CT molecular complexity index is 1110. The number of nitrogens with one attached hydrogen (secondary N) is 2. The molecule has 0 aliphatic carbocycles. The topological polar surface area (TPSA) is 78.5 Å². The van der Waals surface area contributed by atoms with Gasteiger partial charge in [0.05, 0.1) is 5.02 Å². The number of aryl methyl sites for hydroxylation is 1. The fourth-order valence-corrected chi connectivity index (χ4v) is 4.71. The summed E-state index contributed by atoms with van der Waals surface area (Å²) >= 11 is 7.54. The lowest BCUT2D eigenvalue weighted by molar-refractivity contribution is -0.132. The Balaban J connectivity index is 1.49. The molecule has 6 nitrogen and oxygen atoms in total. The summed E-state index contributed by atoms with van der Waals surface area (Å²) in [5.41, 5.74) is 2.38. The summed E-state index contributed by atoms with van der Waals surface area (Å²) in [5.74, 6) is -1.09. The third-order valence-corrected chi connectivity index (χ3v) is 6.65. The molecule has 4 rings (SSSR count). The number of hydrogen-bond donors (Lipinski definition) is 2. The number of benzene rings is 2. The Morgan fingerprint density at radius 1 is 1.14 bits per heavy atom. The van der Waals surface area contributed by atoms with E-state index < -0.39 is 23.4 Å². The molecule has 2 N–H and O–H groups in total. The number of urea groups is 1. The highest BCUT2D eigenvalue weighted by molar-refractivity contribution is 7.21. The van der Waals surface area contributed by atoms with Gasteiger partial charge in [0.25, 0.3) is 11.8 Å². The van der Waals surface area contributed by atoms with Gasteiger partial charge in [-0.05, 0) is 31.4 Å². The zero-order chi connectivity index (χ0) is 20.6. The maximum atomic E-state index is 12.9. The second-order valence-electron chi connectivity index (χ2n) is 7.07. The van der Waals surface area contributed by atoms with Crippen LogP contribution in [-0.4, -0.2) is 28.4 Å². The lowest BCUT2D eigenvalue weighted by Crippen LogP contribution is -2.48. The molecule has 8 heteroatoms. The Morgan fingerprint density at radius 2 is 1.83 bits per heavy atom. The summed E-state index contributed by atoms with van der Waals surface area (Å²) in [6.45, 7) is 1.66. The molecule has 0 spiro atoms. The number of rotatable bonds is 5. The quantitative estimate of drug-likeness (QED) is 0.600. The zero-order valence-electron chi connectivity index (χ0n) is 15.6. The highest BCUT2D eigenvalue weighted by Gasteiger charge is 2.48. The summed E-state index contributed by atoms with van der Waals surface area (Å²) in [4.78, 5) is 38.2. The van der Waals surface area contributed by atoms with E-state index in [1.54, 1.807) is 6.92 Å². The van der Waals surface area contributed by atoms with Gasteiger partial charge in [-0.1, -0.05) is 60.1 Å². The number of amides is 4. The van der Waals surface area contributed by atoms with Crippen LogP contribution in [0, 0.1) is 0 Å². The van der Waals surface area contributed by atoms with Crippen LogP contribution in [-0.2, 0) is 11.2 Å². The molecular formula is C21H18ClN3O3S. The molecule has 2 aromatic carbocycles. The largest absolute Gasteiger partial charge is 0.344 e. The molecule has 29 heavy (non-hydrogen) atoms. The van der Waals surface area contributed by atoms with Gasteiger partial charge in [0.15, 0.2) is 0 Å². The lowest BCUT2D eigenvalue weighted by Gasteiger charge is -2.21. The number of halogens is 1. The first-order chi connectivity index (χ1) is 13.9. The van der Waals surface area contributed by atoms with Crippen molar-refractivity contribution in [3.63, 3.8) is 0 Å². The van der Waals surface area contributed by atoms with Crippen molar-refractivity contribution in [1.82, 2.24) is 15.8 Å². The van der Waals surface area contributed by atoms with E-state index in [-0.39, 0.29) is 4.88 Å². The second-order valence-corrected chi connectivity index (χ2v) is 8.50. The van der Waals surface area contributed by atoms with E-state index in [1.807, 2.05) is 54.6 Å². The second kappa shape index (κ2) is 7.50. The Kier molecular flexibility index (Phi) is 5.02. The molecule has 0 saturated carbocycles. The third kappa shape index (κ3) is 3.59. The van der Waals surface area contributed by atoms with Crippen LogP contribution in [0.1, 0.15) is 28.6 Å². The minimum absolute atomic E-state index is 0.256. The van der Waals surface area contributed by atoms with Crippen molar-refractivity contribution in [3.05, 3.63) is 70.1 Å². The van der Waals surface area contributed by atoms with Crippen LogP contribution in [0.2, 0.25) is 5.02 Å². The summed E-state index contributed by atoms with van der Waals surface area (Å²) in [7, 11) is 0. The molecule has 1 aliphatic heterocycles. The van der Waals surface area contributed by atoms with Crippen LogP contribution in [0.3, 0.4) is 0 Å². The van der Waals surface area contributed by atoms with Crippen molar-refractivity contribution < 1.29 is 14.4 Å². The fraction of sp³-hybridized carbons (Fsp3) is 0.190. The molecule has 2 heterocycles. The maximum absolute atomic E-state index is 12.9. The molecule has 1 fully saturated rings. The molecule has 1 atom stereocenters. The number of carbonyl (C=O) groups excluding carboxylic acids is 3. The normalized spacial score (nSPS) is 18.9. The molecule has 148 valence electrons. The van der Waals surface area contributed by atoms with Crippen molar-refractivity contribution in [2.24, 2.45) is 0 Å². The minimum atomic E-state index is -1.09. The smallest absolute Gasteiger partial charge is 0.322 e. The summed E-state index contributed by atoms with van der Waals surface area (Å²) in [6, 6.07) is 16.4. The van der Waals surface area contributed by atoms with E-state index in [2.05, 4.69) is 10.7 Å². The number of carbonyl (C=O) groups is 3. The number of hydrazine groups is 1. The predicted molar refractivity (Wildman–Crippen MR) is 113 cm³/mol. The van der Waals surface area contributed by atoms with Crippen LogP contribution in [0.25, 0.3) is 10.1 Å². The summed E-state index contributed by atoms with van der Waals surface area (Å²) in [6.07, 6.45) is 1.03. The van der Waals surface area contributed by atoms with Gasteiger partial charge in [0.1, 0.15) is 10.4 Å². The molecule has 0 radical (unpaired) electrons. The van der Waals surface area contributed by atoms with E-state index in [9.17, 15) is 14.4 Å². The molecule has 1 aliphatic rings. The van der Waals surface area contributed by atoms with Gasteiger partial charge < -0.3 is 5.32 Å². The summed E-state index contributed by atoms with van der Waals surface area (Å²) in [5, 5.41) is 4.50. The fourth-order valence-electron chi connectivity index (χ4n) is 3.31. The molecule has 4 amide bonds.